The number of hydrogen-bond donors (Lipinski definition) is 0. The van der Waals surface area contributed by atoms with Crippen LogP contribution >= 0.6 is 23.4 Å². The van der Waals surface area contributed by atoms with Crippen molar-refractivity contribution in [2.45, 2.75) is 70.0 Å². The number of aromatic nitrogens is 3. The van der Waals surface area contributed by atoms with E-state index in [-0.39, 0.29) is 40.8 Å². The fourth-order valence-corrected chi connectivity index (χ4v) is 4.98. The van der Waals surface area contributed by atoms with Gasteiger partial charge >= 0.3 is 6.09 Å². The molecule has 1 fully saturated rings. The standard InChI is InChI=1S/C21H27ClFN5O3S/c1-7-11-15-10(2)30-18-12-14(13(23)16(22)25-18)24-19(32-6)26-17(12)28(15)9-8-27(11)20(29)31-21(3,4)5/h10-11,15H,7-9H2,1-6H3/t10-,11?,15+/m0/s1. The van der Waals surface area contributed by atoms with E-state index >= 15 is 0 Å². The Balaban J connectivity index is 1.84. The molecule has 1 saturated heterocycles. The average molecular weight is 484 g/mol. The molecule has 0 radical (unpaired) electrons. The Kier molecular flexibility index (Phi) is 6.04. The number of halogens is 2. The highest BCUT2D eigenvalue weighted by Crippen LogP contribution is 2.42. The maximum atomic E-state index is 14.9. The molecule has 8 nitrogen and oxygen atoms in total. The summed E-state index contributed by atoms with van der Waals surface area (Å²) in [5, 5.41) is 0.536. The van der Waals surface area contributed by atoms with Crippen molar-refractivity contribution in [3.05, 3.63) is 11.0 Å². The van der Waals surface area contributed by atoms with Crippen molar-refractivity contribution in [1.82, 2.24) is 19.9 Å². The van der Waals surface area contributed by atoms with Gasteiger partial charge in [0, 0.05) is 13.1 Å². The zero-order valence-electron chi connectivity index (χ0n) is 19.0. The van der Waals surface area contributed by atoms with Crippen LogP contribution in [0, 0.1) is 5.82 Å². The van der Waals surface area contributed by atoms with Crippen LogP contribution in [0.3, 0.4) is 0 Å². The Hall–Kier alpha value is -2.07. The van der Waals surface area contributed by atoms with E-state index in [4.69, 9.17) is 26.1 Å². The van der Waals surface area contributed by atoms with Crippen molar-refractivity contribution in [3.63, 3.8) is 0 Å². The highest BCUT2D eigenvalue weighted by atomic mass is 35.5. The molecule has 1 amide bonds. The molecule has 2 aliphatic heterocycles. The fourth-order valence-electron chi connectivity index (χ4n) is 4.45. The summed E-state index contributed by atoms with van der Waals surface area (Å²) < 4.78 is 26.8. The van der Waals surface area contributed by atoms with Gasteiger partial charge in [-0.05, 0) is 40.4 Å². The lowest BCUT2D eigenvalue weighted by Gasteiger charge is -2.48. The van der Waals surface area contributed by atoms with Gasteiger partial charge in [0.25, 0.3) is 0 Å². The third-order valence-corrected chi connectivity index (χ3v) is 6.49. The quantitative estimate of drug-likeness (QED) is 0.350. The Morgan fingerprint density at radius 2 is 2.03 bits per heavy atom. The molecule has 3 atom stereocenters. The molecule has 0 spiro atoms. The number of ether oxygens (including phenoxy) is 2. The van der Waals surface area contributed by atoms with Crippen LogP contribution in [0.25, 0.3) is 10.9 Å². The van der Waals surface area contributed by atoms with Crippen LogP contribution in [0.15, 0.2) is 5.16 Å². The first kappa shape index (κ1) is 23.1. The van der Waals surface area contributed by atoms with E-state index < -0.39 is 11.4 Å². The molecule has 0 bridgehead atoms. The number of hydrogen-bond acceptors (Lipinski definition) is 8. The normalized spacial score (nSPS) is 22.9. The van der Waals surface area contributed by atoms with Crippen molar-refractivity contribution in [1.29, 1.82) is 0 Å². The number of carbonyl (C=O) groups excluding carboxylic acids is 1. The highest BCUT2D eigenvalue weighted by molar-refractivity contribution is 7.98. The van der Waals surface area contributed by atoms with Gasteiger partial charge < -0.3 is 19.3 Å². The van der Waals surface area contributed by atoms with E-state index in [1.54, 1.807) is 4.90 Å². The SMILES string of the molecule is CCC1[C@H]2[C@H](C)Oc3nc(Cl)c(F)c4nc(SC)nc(c34)N2CCN1C(=O)OC(C)(C)C. The smallest absolute Gasteiger partial charge is 0.410 e. The third kappa shape index (κ3) is 3.91. The molecule has 0 saturated carbocycles. The summed E-state index contributed by atoms with van der Waals surface area (Å²) in [7, 11) is 0. The number of amides is 1. The van der Waals surface area contributed by atoms with Crippen molar-refractivity contribution < 1.29 is 18.7 Å². The number of nitrogens with zero attached hydrogens (tertiary/aromatic N) is 5. The van der Waals surface area contributed by atoms with Crippen LogP contribution in [0.1, 0.15) is 41.0 Å². The van der Waals surface area contributed by atoms with Crippen LogP contribution < -0.4 is 9.64 Å². The summed E-state index contributed by atoms with van der Waals surface area (Å²) >= 11 is 7.38. The Labute approximate surface area is 195 Å². The summed E-state index contributed by atoms with van der Waals surface area (Å²) in [5.41, 5.74) is -0.511. The molecule has 1 unspecified atom stereocenters. The summed E-state index contributed by atoms with van der Waals surface area (Å²) in [6, 6.07) is -0.448. The summed E-state index contributed by atoms with van der Waals surface area (Å²) in [5.74, 6) is 0.0576. The molecule has 0 aromatic carbocycles. The second-order valence-electron chi connectivity index (χ2n) is 8.94. The molecular weight excluding hydrogens is 457 g/mol. The first-order chi connectivity index (χ1) is 15.1. The lowest BCUT2D eigenvalue weighted by atomic mass is 9.94. The van der Waals surface area contributed by atoms with Crippen LogP contribution in [0.2, 0.25) is 5.15 Å². The lowest BCUT2D eigenvalue weighted by Crippen LogP contribution is -2.65. The van der Waals surface area contributed by atoms with Crippen molar-refractivity contribution in [3.8, 4) is 5.88 Å². The molecule has 32 heavy (non-hydrogen) atoms. The Bertz CT molecular complexity index is 1070. The number of piperazine rings is 1. The lowest BCUT2D eigenvalue weighted by molar-refractivity contribution is 0.000927. The number of fused-ring (bicyclic) bond motifs is 2. The number of pyridine rings is 1. The molecule has 2 aliphatic rings. The second kappa shape index (κ2) is 8.37. The molecule has 0 aliphatic carbocycles. The molecule has 4 heterocycles. The van der Waals surface area contributed by atoms with Gasteiger partial charge in [0.05, 0.1) is 12.1 Å². The van der Waals surface area contributed by atoms with Gasteiger partial charge in [-0.3, -0.25) is 0 Å². The van der Waals surface area contributed by atoms with Gasteiger partial charge in [0.15, 0.2) is 16.1 Å². The van der Waals surface area contributed by atoms with Crippen LogP contribution in [-0.2, 0) is 4.74 Å². The van der Waals surface area contributed by atoms with Crippen LogP contribution in [0.5, 0.6) is 5.88 Å². The topological polar surface area (TPSA) is 80.7 Å². The maximum Gasteiger partial charge on any atom is 0.410 e. The summed E-state index contributed by atoms with van der Waals surface area (Å²) in [6.07, 6.45) is 1.77. The van der Waals surface area contributed by atoms with Crippen molar-refractivity contribution >= 4 is 46.2 Å². The highest BCUT2D eigenvalue weighted by Gasteiger charge is 2.46. The largest absolute Gasteiger partial charge is 0.472 e. The van der Waals surface area contributed by atoms with E-state index in [9.17, 15) is 9.18 Å². The second-order valence-corrected chi connectivity index (χ2v) is 10.1. The van der Waals surface area contributed by atoms with E-state index in [1.807, 2.05) is 40.9 Å². The average Bonchev–Trinajstić information content (AvgIpc) is 2.84. The zero-order chi connectivity index (χ0) is 23.4. The molecule has 2 aromatic heterocycles. The third-order valence-electron chi connectivity index (χ3n) is 5.69. The molecule has 2 aromatic rings. The summed E-state index contributed by atoms with van der Waals surface area (Å²) in [4.78, 5) is 30.1. The van der Waals surface area contributed by atoms with Crippen molar-refractivity contribution in [2.24, 2.45) is 0 Å². The molecule has 174 valence electrons. The maximum absolute atomic E-state index is 14.9. The van der Waals surface area contributed by atoms with Crippen LogP contribution in [-0.4, -0.2) is 69.1 Å². The first-order valence-corrected chi connectivity index (χ1v) is 12.2. The minimum Gasteiger partial charge on any atom is -0.472 e. The minimum absolute atomic E-state index is 0.0878. The van der Waals surface area contributed by atoms with Gasteiger partial charge in [-0.2, -0.15) is 4.98 Å². The van der Waals surface area contributed by atoms with Crippen LogP contribution in [0.4, 0.5) is 15.0 Å². The zero-order valence-corrected chi connectivity index (χ0v) is 20.6. The fraction of sp³-hybridized carbons (Fsp3) is 0.619. The van der Waals surface area contributed by atoms with Gasteiger partial charge in [-0.15, -0.1) is 0 Å². The van der Waals surface area contributed by atoms with Gasteiger partial charge in [0.2, 0.25) is 5.88 Å². The molecular formula is C21H27ClFN5O3S. The van der Waals surface area contributed by atoms with Gasteiger partial charge in [-0.25, -0.2) is 19.2 Å². The molecule has 4 rings (SSSR count). The summed E-state index contributed by atoms with van der Waals surface area (Å²) in [6.45, 7) is 10.4. The van der Waals surface area contributed by atoms with E-state index in [0.717, 1.165) is 0 Å². The number of rotatable bonds is 2. The number of thioether (sulfide) groups is 1. The molecule has 11 heteroatoms. The van der Waals surface area contributed by atoms with Gasteiger partial charge in [-0.1, -0.05) is 30.3 Å². The van der Waals surface area contributed by atoms with E-state index in [0.29, 0.717) is 35.9 Å². The first-order valence-electron chi connectivity index (χ1n) is 10.6. The van der Waals surface area contributed by atoms with Gasteiger partial charge in [0.1, 0.15) is 28.4 Å². The number of carbonyl (C=O) groups is 1. The van der Waals surface area contributed by atoms with E-state index in [1.165, 1.54) is 11.8 Å². The Morgan fingerprint density at radius 3 is 2.66 bits per heavy atom. The monoisotopic (exact) mass is 483 g/mol. The predicted octanol–water partition coefficient (Wildman–Crippen LogP) is 4.52. The predicted molar refractivity (Wildman–Crippen MR) is 122 cm³/mol. The minimum atomic E-state index is -0.696. The molecule has 0 N–H and O–H groups in total. The van der Waals surface area contributed by atoms with Crippen molar-refractivity contribution in [2.75, 3.05) is 24.2 Å². The Morgan fingerprint density at radius 1 is 1.31 bits per heavy atom. The number of anilines is 1. The van der Waals surface area contributed by atoms with E-state index in [2.05, 4.69) is 14.9 Å².